The van der Waals surface area contributed by atoms with Crippen molar-refractivity contribution < 1.29 is 19.1 Å². The number of esters is 1. The Morgan fingerprint density at radius 1 is 0.861 bits per heavy atom. The van der Waals surface area contributed by atoms with Gasteiger partial charge in [-0.2, -0.15) is 5.10 Å². The molecule has 180 valence electrons. The van der Waals surface area contributed by atoms with Gasteiger partial charge in [-0.05, 0) is 78.2 Å². The van der Waals surface area contributed by atoms with Crippen LogP contribution in [-0.2, 0) is 6.61 Å². The van der Waals surface area contributed by atoms with E-state index in [-0.39, 0.29) is 0 Å². The largest absolute Gasteiger partial charge is 0.488 e. The van der Waals surface area contributed by atoms with Crippen LogP contribution in [0.3, 0.4) is 0 Å². The molecule has 4 aromatic rings. The summed E-state index contributed by atoms with van der Waals surface area (Å²) in [5.74, 6) is 0.0386. The lowest BCUT2D eigenvalue weighted by atomic mass is 10.1. The number of carbonyl (C=O) groups excluding carboxylic acids is 2. The number of halogens is 1. The molecule has 0 radical (unpaired) electrons. The average molecular weight is 499 g/mol. The first kappa shape index (κ1) is 24.7. The van der Waals surface area contributed by atoms with Crippen LogP contribution in [-0.4, -0.2) is 18.1 Å². The zero-order valence-corrected chi connectivity index (χ0v) is 20.2. The molecule has 1 amide bonds. The number of aryl methyl sites for hydroxylation is 1. The van der Waals surface area contributed by atoms with Gasteiger partial charge >= 0.3 is 5.97 Å². The molecule has 0 unspecified atom stereocenters. The summed E-state index contributed by atoms with van der Waals surface area (Å²) in [6.45, 7) is 2.15. The molecule has 0 spiro atoms. The van der Waals surface area contributed by atoms with Gasteiger partial charge in [-0.3, -0.25) is 4.79 Å². The van der Waals surface area contributed by atoms with E-state index in [2.05, 4.69) is 10.5 Å². The summed E-state index contributed by atoms with van der Waals surface area (Å²) in [6, 6.07) is 28.3. The van der Waals surface area contributed by atoms with Gasteiger partial charge < -0.3 is 9.47 Å². The lowest BCUT2D eigenvalue weighted by Crippen LogP contribution is -2.18. The van der Waals surface area contributed by atoms with E-state index >= 15 is 0 Å². The van der Waals surface area contributed by atoms with Crippen LogP contribution in [0.15, 0.2) is 102 Å². The van der Waals surface area contributed by atoms with Crippen molar-refractivity contribution in [3.63, 3.8) is 0 Å². The van der Waals surface area contributed by atoms with Gasteiger partial charge in [0, 0.05) is 5.02 Å². The molecule has 0 heterocycles. The minimum Gasteiger partial charge on any atom is -0.488 e. The van der Waals surface area contributed by atoms with Crippen molar-refractivity contribution in [2.45, 2.75) is 13.5 Å². The first-order valence-electron chi connectivity index (χ1n) is 11.2. The quantitative estimate of drug-likeness (QED) is 0.135. The fourth-order valence-electron chi connectivity index (χ4n) is 3.33. The maximum absolute atomic E-state index is 12.7. The Bertz CT molecular complexity index is 1380. The maximum Gasteiger partial charge on any atom is 0.343 e. The Balaban J connectivity index is 1.33. The number of rotatable bonds is 8. The van der Waals surface area contributed by atoms with Gasteiger partial charge in [0.25, 0.3) is 5.91 Å². The van der Waals surface area contributed by atoms with Gasteiger partial charge in [-0.1, -0.05) is 54.1 Å². The maximum atomic E-state index is 12.7. The third-order valence-electron chi connectivity index (χ3n) is 5.27. The Kier molecular flexibility index (Phi) is 8.11. The topological polar surface area (TPSA) is 77.0 Å². The van der Waals surface area contributed by atoms with E-state index in [1.807, 2.05) is 31.2 Å². The predicted octanol–water partition coefficient (Wildman–Crippen LogP) is 6.21. The van der Waals surface area contributed by atoms with Crippen LogP contribution in [0.4, 0.5) is 0 Å². The second-order valence-corrected chi connectivity index (χ2v) is 8.32. The molecule has 0 bridgehead atoms. The lowest BCUT2D eigenvalue weighted by Gasteiger charge is -2.10. The van der Waals surface area contributed by atoms with E-state index in [0.29, 0.717) is 34.3 Å². The highest BCUT2D eigenvalue weighted by atomic mass is 35.5. The van der Waals surface area contributed by atoms with Crippen LogP contribution in [0.1, 0.15) is 37.4 Å². The number of nitrogens with zero attached hydrogens (tertiary/aromatic N) is 1. The minimum absolute atomic E-state index is 0.297. The van der Waals surface area contributed by atoms with Crippen molar-refractivity contribution in [3.05, 3.63) is 130 Å². The molecule has 1 N–H and O–H groups in total. The highest BCUT2D eigenvalue weighted by Crippen LogP contribution is 2.20. The first-order valence-corrected chi connectivity index (χ1v) is 11.5. The van der Waals surface area contributed by atoms with Gasteiger partial charge in [0.05, 0.1) is 17.3 Å². The number of amides is 1. The number of hydrogen-bond donors (Lipinski definition) is 1. The molecule has 7 heteroatoms. The van der Waals surface area contributed by atoms with Crippen molar-refractivity contribution in [2.24, 2.45) is 5.10 Å². The number of para-hydroxylation sites is 1. The summed E-state index contributed by atoms with van der Waals surface area (Å²) in [4.78, 5) is 25.0. The van der Waals surface area contributed by atoms with Gasteiger partial charge in [-0.15, -0.1) is 0 Å². The van der Waals surface area contributed by atoms with Gasteiger partial charge in [0.1, 0.15) is 18.1 Å². The zero-order chi connectivity index (χ0) is 25.3. The lowest BCUT2D eigenvalue weighted by molar-refractivity contribution is 0.0733. The SMILES string of the molecule is Cc1ccccc1C(=O)Oc1ccc(/C=N/NC(=O)c2ccccc2OCc2ccc(Cl)cc2)cc1. The molecule has 0 saturated carbocycles. The van der Waals surface area contributed by atoms with E-state index in [4.69, 9.17) is 21.1 Å². The van der Waals surface area contributed by atoms with E-state index < -0.39 is 11.9 Å². The molecule has 4 rings (SSSR count). The Morgan fingerprint density at radius 3 is 2.25 bits per heavy atom. The van der Waals surface area contributed by atoms with Gasteiger partial charge in [0.15, 0.2) is 0 Å². The fraction of sp³-hybridized carbons (Fsp3) is 0.0690. The molecule has 0 atom stereocenters. The van der Waals surface area contributed by atoms with Crippen molar-refractivity contribution in [3.8, 4) is 11.5 Å². The smallest absolute Gasteiger partial charge is 0.343 e. The summed E-state index contributed by atoms with van der Waals surface area (Å²) in [6.07, 6.45) is 1.50. The van der Waals surface area contributed by atoms with Crippen LogP contribution < -0.4 is 14.9 Å². The number of carbonyl (C=O) groups is 2. The minimum atomic E-state index is -0.418. The highest BCUT2D eigenvalue weighted by molar-refractivity contribution is 6.30. The molecule has 0 saturated heterocycles. The monoisotopic (exact) mass is 498 g/mol. The zero-order valence-electron chi connectivity index (χ0n) is 19.5. The van der Waals surface area contributed by atoms with Crippen LogP contribution in [0.5, 0.6) is 11.5 Å². The Hall–Kier alpha value is -4.42. The van der Waals surface area contributed by atoms with Gasteiger partial charge in [0.2, 0.25) is 0 Å². The van der Waals surface area contributed by atoms with E-state index in [1.54, 1.807) is 72.8 Å². The number of ether oxygens (including phenoxy) is 2. The first-order chi connectivity index (χ1) is 17.5. The summed E-state index contributed by atoms with van der Waals surface area (Å²) in [5.41, 5.74) is 5.89. The van der Waals surface area contributed by atoms with Crippen molar-refractivity contribution in [1.29, 1.82) is 0 Å². The molecule has 6 nitrogen and oxygen atoms in total. The van der Waals surface area contributed by atoms with Crippen LogP contribution in [0.2, 0.25) is 5.02 Å². The van der Waals surface area contributed by atoms with Gasteiger partial charge in [-0.25, -0.2) is 10.2 Å². The Labute approximate surface area is 214 Å². The Morgan fingerprint density at radius 2 is 1.53 bits per heavy atom. The van der Waals surface area contributed by atoms with Crippen LogP contribution in [0, 0.1) is 6.92 Å². The van der Waals surface area contributed by atoms with Crippen molar-refractivity contribution in [1.82, 2.24) is 5.43 Å². The number of nitrogens with one attached hydrogen (secondary N) is 1. The van der Waals surface area contributed by atoms with Crippen molar-refractivity contribution in [2.75, 3.05) is 0 Å². The molecular weight excluding hydrogens is 476 g/mol. The van der Waals surface area contributed by atoms with Crippen LogP contribution >= 0.6 is 11.6 Å². The molecule has 36 heavy (non-hydrogen) atoms. The normalized spacial score (nSPS) is 10.7. The predicted molar refractivity (Wildman–Crippen MR) is 140 cm³/mol. The van der Waals surface area contributed by atoms with E-state index in [1.165, 1.54) is 6.21 Å². The van der Waals surface area contributed by atoms with E-state index in [0.717, 1.165) is 16.7 Å². The fourth-order valence-corrected chi connectivity index (χ4v) is 3.46. The van der Waals surface area contributed by atoms with Crippen molar-refractivity contribution >= 4 is 29.7 Å². The summed E-state index contributed by atoms with van der Waals surface area (Å²) >= 11 is 5.92. The summed E-state index contributed by atoms with van der Waals surface area (Å²) in [5, 5.41) is 4.68. The molecule has 0 aliphatic rings. The molecule has 0 fully saturated rings. The molecule has 0 aliphatic heterocycles. The third kappa shape index (κ3) is 6.58. The standard InChI is InChI=1S/C29H23ClN2O4/c1-20-6-2-3-7-25(20)29(34)36-24-16-12-21(13-17-24)18-31-32-28(33)26-8-4-5-9-27(26)35-19-22-10-14-23(30)15-11-22/h2-18H,19H2,1H3,(H,32,33)/b31-18+. The highest BCUT2D eigenvalue weighted by Gasteiger charge is 2.12. The summed E-state index contributed by atoms with van der Waals surface area (Å²) < 4.78 is 11.3. The summed E-state index contributed by atoms with van der Waals surface area (Å²) in [7, 11) is 0. The van der Waals surface area contributed by atoms with E-state index in [9.17, 15) is 9.59 Å². The second kappa shape index (κ2) is 11.8. The van der Waals surface area contributed by atoms with Crippen LogP contribution in [0.25, 0.3) is 0 Å². The molecule has 4 aromatic carbocycles. The molecule has 0 aromatic heterocycles. The number of hydrogen-bond acceptors (Lipinski definition) is 5. The molecule has 0 aliphatic carbocycles. The number of hydrazone groups is 1. The third-order valence-corrected chi connectivity index (χ3v) is 5.53. The molecular formula is C29H23ClN2O4. The average Bonchev–Trinajstić information content (AvgIpc) is 2.89. The number of benzene rings is 4. The second-order valence-electron chi connectivity index (χ2n) is 7.88.